The van der Waals surface area contributed by atoms with E-state index in [-0.39, 0.29) is 4.90 Å². The van der Waals surface area contributed by atoms with Gasteiger partial charge in [-0.05, 0) is 33.6 Å². The molecule has 0 radical (unpaired) electrons. The lowest BCUT2D eigenvalue weighted by molar-refractivity contribution is 0.184. The maximum atomic E-state index is 12.4. The molecule has 1 heterocycles. The molecule has 1 N–H and O–H groups in total. The van der Waals surface area contributed by atoms with Crippen LogP contribution in [0.4, 0.5) is 5.69 Å². The van der Waals surface area contributed by atoms with Gasteiger partial charge in [0.25, 0.3) is 10.0 Å². The molecule has 0 fully saturated rings. The molecule has 0 aliphatic heterocycles. The Morgan fingerprint density at radius 3 is 2.73 bits per heavy atom. The van der Waals surface area contributed by atoms with Gasteiger partial charge in [-0.1, -0.05) is 12.1 Å². The van der Waals surface area contributed by atoms with E-state index in [0.29, 0.717) is 22.6 Å². The summed E-state index contributed by atoms with van der Waals surface area (Å²) in [7, 11) is -0.673. The van der Waals surface area contributed by atoms with Crippen LogP contribution in [0.5, 0.6) is 5.75 Å². The number of rotatable bonds is 6. The van der Waals surface area contributed by atoms with E-state index in [0.717, 1.165) is 5.56 Å². The molecule has 1 aromatic carbocycles. The number of nitrogens with zero attached hydrogens (tertiary/aromatic N) is 1. The Morgan fingerprint density at radius 1 is 1.27 bits per heavy atom. The van der Waals surface area contributed by atoms with Crippen LogP contribution >= 0.6 is 15.9 Å². The third kappa shape index (κ3) is 3.96. The van der Waals surface area contributed by atoms with Crippen molar-refractivity contribution in [2.75, 3.05) is 18.9 Å². The first-order valence-electron chi connectivity index (χ1n) is 6.26. The maximum absolute atomic E-state index is 12.4. The standard InChI is InChI=1S/C14H15BrN2O4S/c1-20-9-10-4-3-5-12(6-10)22(18,19)17-11-7-13(21-2)14(15)16-8-11/h3-8,17H,9H2,1-2H3. The Kier molecular flexibility index (Phi) is 5.38. The summed E-state index contributed by atoms with van der Waals surface area (Å²) in [4.78, 5) is 4.18. The minimum absolute atomic E-state index is 0.156. The summed E-state index contributed by atoms with van der Waals surface area (Å²) in [6.07, 6.45) is 1.41. The van der Waals surface area contributed by atoms with Crippen LogP contribution in [0, 0.1) is 0 Å². The van der Waals surface area contributed by atoms with Crippen molar-refractivity contribution in [3.05, 3.63) is 46.7 Å². The number of pyridine rings is 1. The van der Waals surface area contributed by atoms with Crippen LogP contribution in [0.3, 0.4) is 0 Å². The van der Waals surface area contributed by atoms with E-state index in [1.807, 2.05) is 0 Å². The van der Waals surface area contributed by atoms with Crippen molar-refractivity contribution in [1.82, 2.24) is 4.98 Å². The van der Waals surface area contributed by atoms with Gasteiger partial charge < -0.3 is 9.47 Å². The van der Waals surface area contributed by atoms with E-state index in [9.17, 15) is 8.42 Å². The Bertz CT molecular complexity index is 765. The molecular weight excluding hydrogens is 372 g/mol. The number of nitrogens with one attached hydrogen (secondary N) is 1. The Balaban J connectivity index is 2.29. The van der Waals surface area contributed by atoms with Gasteiger partial charge in [-0.3, -0.25) is 4.72 Å². The lowest BCUT2D eigenvalue weighted by Crippen LogP contribution is -2.13. The molecule has 2 aromatic rings. The first-order chi connectivity index (χ1) is 10.5. The van der Waals surface area contributed by atoms with Crippen LogP contribution < -0.4 is 9.46 Å². The van der Waals surface area contributed by atoms with Gasteiger partial charge in [0.2, 0.25) is 0 Å². The summed E-state index contributed by atoms with van der Waals surface area (Å²) in [5.74, 6) is 0.438. The minimum Gasteiger partial charge on any atom is -0.494 e. The zero-order chi connectivity index (χ0) is 16.2. The predicted octanol–water partition coefficient (Wildman–Crippen LogP) is 2.80. The maximum Gasteiger partial charge on any atom is 0.261 e. The van der Waals surface area contributed by atoms with Crippen molar-refractivity contribution < 1.29 is 17.9 Å². The molecule has 8 heteroatoms. The average Bonchev–Trinajstić information content (AvgIpc) is 2.49. The minimum atomic E-state index is -3.71. The SMILES string of the molecule is COCc1cccc(S(=O)(=O)Nc2cnc(Br)c(OC)c2)c1. The topological polar surface area (TPSA) is 77.5 Å². The normalized spacial score (nSPS) is 11.2. The number of anilines is 1. The molecule has 0 atom stereocenters. The Morgan fingerprint density at radius 2 is 2.05 bits per heavy atom. The summed E-state index contributed by atoms with van der Waals surface area (Å²) in [6.45, 7) is 0.344. The molecule has 0 unspecified atom stereocenters. The highest BCUT2D eigenvalue weighted by atomic mass is 79.9. The molecule has 0 saturated carbocycles. The fourth-order valence-electron chi connectivity index (χ4n) is 1.81. The molecule has 0 saturated heterocycles. The number of benzene rings is 1. The van der Waals surface area contributed by atoms with E-state index in [4.69, 9.17) is 9.47 Å². The zero-order valence-electron chi connectivity index (χ0n) is 12.0. The van der Waals surface area contributed by atoms with Gasteiger partial charge in [0, 0.05) is 13.2 Å². The second-order valence-electron chi connectivity index (χ2n) is 4.40. The van der Waals surface area contributed by atoms with Crippen molar-refractivity contribution in [3.8, 4) is 5.75 Å². The largest absolute Gasteiger partial charge is 0.494 e. The quantitative estimate of drug-likeness (QED) is 0.772. The monoisotopic (exact) mass is 386 g/mol. The van der Waals surface area contributed by atoms with Crippen LogP contribution in [0.1, 0.15) is 5.56 Å². The molecule has 118 valence electrons. The molecule has 0 spiro atoms. The number of halogens is 1. The van der Waals surface area contributed by atoms with Gasteiger partial charge in [0.05, 0.1) is 30.5 Å². The number of hydrogen-bond donors (Lipinski definition) is 1. The number of methoxy groups -OCH3 is 2. The fourth-order valence-corrected chi connectivity index (χ4v) is 3.29. The Labute approximate surface area is 137 Å². The zero-order valence-corrected chi connectivity index (χ0v) is 14.4. The molecule has 22 heavy (non-hydrogen) atoms. The van der Waals surface area contributed by atoms with E-state index in [1.54, 1.807) is 31.4 Å². The highest BCUT2D eigenvalue weighted by Crippen LogP contribution is 2.26. The summed E-state index contributed by atoms with van der Waals surface area (Å²) < 4.78 is 37.9. The molecule has 0 bridgehead atoms. The van der Waals surface area contributed by atoms with Gasteiger partial charge in [0.15, 0.2) is 5.75 Å². The van der Waals surface area contributed by atoms with Crippen LogP contribution in [0.15, 0.2) is 46.0 Å². The van der Waals surface area contributed by atoms with Crippen molar-refractivity contribution in [1.29, 1.82) is 0 Å². The van der Waals surface area contributed by atoms with Crippen LogP contribution in [0.25, 0.3) is 0 Å². The van der Waals surface area contributed by atoms with Crippen molar-refractivity contribution in [2.24, 2.45) is 0 Å². The highest BCUT2D eigenvalue weighted by molar-refractivity contribution is 9.10. The molecular formula is C14H15BrN2O4S. The summed E-state index contributed by atoms with van der Waals surface area (Å²) in [6, 6.07) is 8.10. The fraction of sp³-hybridized carbons (Fsp3) is 0.214. The van der Waals surface area contributed by atoms with Gasteiger partial charge in [0.1, 0.15) is 4.60 Å². The lowest BCUT2D eigenvalue weighted by atomic mass is 10.2. The molecule has 0 amide bonds. The highest BCUT2D eigenvalue weighted by Gasteiger charge is 2.16. The van der Waals surface area contributed by atoms with E-state index in [1.165, 1.54) is 19.4 Å². The predicted molar refractivity (Wildman–Crippen MR) is 86.5 cm³/mol. The van der Waals surface area contributed by atoms with Gasteiger partial charge in [-0.2, -0.15) is 0 Å². The molecule has 1 aromatic heterocycles. The number of sulfonamides is 1. The van der Waals surface area contributed by atoms with E-state index < -0.39 is 10.0 Å². The van der Waals surface area contributed by atoms with Gasteiger partial charge >= 0.3 is 0 Å². The summed E-state index contributed by atoms with van der Waals surface area (Å²) in [5, 5.41) is 0. The third-order valence-corrected chi connectivity index (χ3v) is 4.77. The molecule has 2 rings (SSSR count). The smallest absolute Gasteiger partial charge is 0.261 e. The van der Waals surface area contributed by atoms with Crippen LogP contribution in [-0.4, -0.2) is 27.6 Å². The van der Waals surface area contributed by atoms with E-state index >= 15 is 0 Å². The number of ether oxygens (including phenoxy) is 2. The second-order valence-corrected chi connectivity index (χ2v) is 6.84. The van der Waals surface area contributed by atoms with Crippen molar-refractivity contribution >= 4 is 31.6 Å². The number of aromatic nitrogens is 1. The van der Waals surface area contributed by atoms with Crippen LogP contribution in [0.2, 0.25) is 0 Å². The van der Waals surface area contributed by atoms with Gasteiger partial charge in [-0.25, -0.2) is 13.4 Å². The molecule has 0 aliphatic rings. The summed E-state index contributed by atoms with van der Waals surface area (Å²) in [5.41, 5.74) is 1.09. The first kappa shape index (κ1) is 16.7. The van der Waals surface area contributed by atoms with Crippen LogP contribution in [-0.2, 0) is 21.4 Å². The molecule has 6 nitrogen and oxygen atoms in total. The third-order valence-electron chi connectivity index (χ3n) is 2.80. The Hall–Kier alpha value is -1.64. The summed E-state index contributed by atoms with van der Waals surface area (Å²) >= 11 is 3.21. The van der Waals surface area contributed by atoms with Crippen molar-refractivity contribution in [2.45, 2.75) is 11.5 Å². The average molecular weight is 387 g/mol. The first-order valence-corrected chi connectivity index (χ1v) is 8.54. The molecule has 0 aliphatic carbocycles. The number of hydrogen-bond acceptors (Lipinski definition) is 5. The van der Waals surface area contributed by atoms with E-state index in [2.05, 4.69) is 25.6 Å². The lowest BCUT2D eigenvalue weighted by Gasteiger charge is -2.10. The second kappa shape index (κ2) is 7.08. The van der Waals surface area contributed by atoms with Gasteiger partial charge in [-0.15, -0.1) is 0 Å². The van der Waals surface area contributed by atoms with Crippen molar-refractivity contribution in [3.63, 3.8) is 0 Å².